The number of hydrogen-bond donors (Lipinski definition) is 2. The molecule has 0 saturated heterocycles. The summed E-state index contributed by atoms with van der Waals surface area (Å²) in [4.78, 5) is 24.8. The fourth-order valence-corrected chi connectivity index (χ4v) is 1.68. The predicted molar refractivity (Wildman–Crippen MR) is 66.1 cm³/mol. The van der Waals surface area contributed by atoms with Gasteiger partial charge in [0.05, 0.1) is 13.2 Å². The van der Waals surface area contributed by atoms with Gasteiger partial charge in [0.2, 0.25) is 5.91 Å². The molecule has 18 heavy (non-hydrogen) atoms. The minimum atomic E-state index is -1.15. The van der Waals surface area contributed by atoms with Gasteiger partial charge < -0.3 is 19.8 Å². The van der Waals surface area contributed by atoms with Crippen molar-refractivity contribution in [2.45, 2.75) is 20.8 Å². The van der Waals surface area contributed by atoms with Crippen molar-refractivity contribution in [3.05, 3.63) is 0 Å². The number of carboxylic acids is 1. The van der Waals surface area contributed by atoms with Gasteiger partial charge in [0.25, 0.3) is 0 Å². The molecule has 0 spiro atoms. The molecule has 0 aliphatic carbocycles. The van der Waals surface area contributed by atoms with Crippen LogP contribution in [0.25, 0.3) is 0 Å². The minimum absolute atomic E-state index is 0.113. The fourth-order valence-electron chi connectivity index (χ4n) is 1.68. The van der Waals surface area contributed by atoms with E-state index in [9.17, 15) is 14.7 Å². The Balaban J connectivity index is 4.95. The van der Waals surface area contributed by atoms with Crippen LogP contribution in [-0.4, -0.2) is 60.4 Å². The molecule has 0 rings (SSSR count). The second-order valence-electron chi connectivity index (χ2n) is 5.18. The molecule has 6 nitrogen and oxygen atoms in total. The van der Waals surface area contributed by atoms with E-state index in [2.05, 4.69) is 0 Å². The first kappa shape index (κ1) is 16.9. The highest BCUT2D eigenvalue weighted by Gasteiger charge is 2.39. The zero-order chi connectivity index (χ0) is 14.3. The van der Waals surface area contributed by atoms with E-state index in [1.807, 2.05) is 0 Å². The number of carbonyl (C=O) groups excluding carboxylic acids is 1. The van der Waals surface area contributed by atoms with E-state index in [-0.39, 0.29) is 19.7 Å². The summed E-state index contributed by atoms with van der Waals surface area (Å²) in [7, 11) is 1.50. The summed E-state index contributed by atoms with van der Waals surface area (Å²) in [6, 6.07) is 0. The molecule has 0 aliphatic heterocycles. The van der Waals surface area contributed by atoms with E-state index in [1.165, 1.54) is 12.0 Å². The molecule has 106 valence electrons. The topological polar surface area (TPSA) is 87.1 Å². The average molecular weight is 261 g/mol. The fraction of sp³-hybridized carbons (Fsp3) is 0.833. The summed E-state index contributed by atoms with van der Waals surface area (Å²) >= 11 is 0. The highest BCUT2D eigenvalue weighted by atomic mass is 16.5. The van der Waals surface area contributed by atoms with Crippen LogP contribution in [-0.2, 0) is 14.3 Å². The van der Waals surface area contributed by atoms with Gasteiger partial charge in [-0.3, -0.25) is 9.59 Å². The van der Waals surface area contributed by atoms with E-state index < -0.39 is 23.2 Å². The Morgan fingerprint density at radius 1 is 1.28 bits per heavy atom. The van der Waals surface area contributed by atoms with Crippen molar-refractivity contribution in [1.82, 2.24) is 4.90 Å². The number of ether oxygens (including phenoxy) is 1. The second-order valence-corrected chi connectivity index (χ2v) is 5.18. The lowest BCUT2D eigenvalue weighted by molar-refractivity contribution is -0.156. The van der Waals surface area contributed by atoms with Crippen molar-refractivity contribution in [2.24, 2.45) is 11.3 Å². The molecule has 2 N–H and O–H groups in total. The molecule has 0 fully saturated rings. The lowest BCUT2D eigenvalue weighted by atomic mass is 9.80. The van der Waals surface area contributed by atoms with E-state index in [4.69, 9.17) is 9.84 Å². The maximum absolute atomic E-state index is 12.2. The van der Waals surface area contributed by atoms with Crippen molar-refractivity contribution in [3.8, 4) is 0 Å². The summed E-state index contributed by atoms with van der Waals surface area (Å²) < 4.78 is 4.87. The SMILES string of the molecule is COCCN(CCO)C(=O)C(C(=O)O)C(C)(C)C. The van der Waals surface area contributed by atoms with E-state index in [0.29, 0.717) is 6.61 Å². The number of aliphatic hydroxyl groups is 1. The van der Waals surface area contributed by atoms with Crippen molar-refractivity contribution in [1.29, 1.82) is 0 Å². The number of rotatable bonds is 7. The molecule has 0 heterocycles. The van der Waals surface area contributed by atoms with Crippen LogP contribution in [0.1, 0.15) is 20.8 Å². The third-order valence-corrected chi connectivity index (χ3v) is 2.61. The Labute approximate surface area is 108 Å². The van der Waals surface area contributed by atoms with E-state index in [1.54, 1.807) is 20.8 Å². The van der Waals surface area contributed by atoms with E-state index in [0.717, 1.165) is 0 Å². The zero-order valence-electron chi connectivity index (χ0n) is 11.5. The Morgan fingerprint density at radius 2 is 1.83 bits per heavy atom. The second kappa shape index (κ2) is 7.33. The summed E-state index contributed by atoms with van der Waals surface area (Å²) in [6.45, 7) is 5.61. The lowest BCUT2D eigenvalue weighted by Crippen LogP contribution is -2.47. The molecular weight excluding hydrogens is 238 g/mol. The van der Waals surface area contributed by atoms with Crippen molar-refractivity contribution in [2.75, 3.05) is 33.4 Å². The van der Waals surface area contributed by atoms with Crippen LogP contribution in [0, 0.1) is 11.3 Å². The van der Waals surface area contributed by atoms with Gasteiger partial charge in [0.1, 0.15) is 5.92 Å². The smallest absolute Gasteiger partial charge is 0.316 e. The molecule has 0 aromatic heterocycles. The van der Waals surface area contributed by atoms with Gasteiger partial charge in [0, 0.05) is 20.2 Å². The molecule has 1 amide bonds. The Hall–Kier alpha value is -1.14. The Morgan fingerprint density at radius 3 is 2.17 bits per heavy atom. The molecule has 0 saturated carbocycles. The number of hydrogen-bond acceptors (Lipinski definition) is 4. The molecule has 0 aromatic carbocycles. The number of amides is 1. The summed E-state index contributed by atoms with van der Waals surface area (Å²) in [6.07, 6.45) is 0. The highest BCUT2D eigenvalue weighted by Crippen LogP contribution is 2.27. The summed E-state index contributed by atoms with van der Waals surface area (Å²) in [5, 5.41) is 18.1. The number of aliphatic hydroxyl groups excluding tert-OH is 1. The minimum Gasteiger partial charge on any atom is -0.481 e. The number of carboxylic acid groups (broad SMARTS) is 1. The van der Waals surface area contributed by atoms with Gasteiger partial charge in [0.15, 0.2) is 0 Å². The lowest BCUT2D eigenvalue weighted by Gasteiger charge is -2.31. The zero-order valence-corrected chi connectivity index (χ0v) is 11.5. The van der Waals surface area contributed by atoms with Gasteiger partial charge >= 0.3 is 5.97 Å². The molecule has 1 atom stereocenters. The van der Waals surface area contributed by atoms with Crippen LogP contribution in [0.15, 0.2) is 0 Å². The third kappa shape index (κ3) is 5.01. The number of methoxy groups -OCH3 is 1. The summed E-state index contributed by atoms with van der Waals surface area (Å²) in [5.74, 6) is -2.75. The molecule has 0 bridgehead atoms. The van der Waals surface area contributed by atoms with Gasteiger partial charge in [-0.1, -0.05) is 20.8 Å². The Bertz CT molecular complexity index is 285. The first-order chi connectivity index (χ1) is 8.25. The van der Waals surface area contributed by atoms with Gasteiger partial charge in [-0.15, -0.1) is 0 Å². The standard InChI is InChI=1S/C12H23NO5/c1-12(2,3)9(11(16)17)10(15)13(5-7-14)6-8-18-4/h9,14H,5-8H2,1-4H3,(H,16,17). The van der Waals surface area contributed by atoms with Crippen LogP contribution in [0.5, 0.6) is 0 Å². The molecule has 0 radical (unpaired) electrons. The van der Waals surface area contributed by atoms with Crippen molar-refractivity contribution >= 4 is 11.9 Å². The van der Waals surface area contributed by atoms with Crippen LogP contribution in [0.4, 0.5) is 0 Å². The molecule has 1 unspecified atom stereocenters. The first-order valence-electron chi connectivity index (χ1n) is 5.87. The van der Waals surface area contributed by atoms with Crippen LogP contribution < -0.4 is 0 Å². The summed E-state index contributed by atoms with van der Waals surface area (Å²) in [5.41, 5.74) is -0.677. The number of aliphatic carboxylic acids is 1. The number of nitrogens with zero attached hydrogens (tertiary/aromatic N) is 1. The monoisotopic (exact) mass is 261 g/mol. The van der Waals surface area contributed by atoms with Gasteiger partial charge in [-0.05, 0) is 5.41 Å². The average Bonchev–Trinajstić information content (AvgIpc) is 2.21. The highest BCUT2D eigenvalue weighted by molar-refractivity contribution is 5.97. The quantitative estimate of drug-likeness (QED) is 0.639. The molecule has 0 aromatic rings. The van der Waals surface area contributed by atoms with Crippen LogP contribution in [0.2, 0.25) is 0 Å². The van der Waals surface area contributed by atoms with Crippen LogP contribution in [0.3, 0.4) is 0 Å². The van der Waals surface area contributed by atoms with Crippen molar-refractivity contribution < 1.29 is 24.5 Å². The van der Waals surface area contributed by atoms with Gasteiger partial charge in [-0.25, -0.2) is 0 Å². The van der Waals surface area contributed by atoms with E-state index >= 15 is 0 Å². The Kier molecular flexibility index (Phi) is 6.86. The maximum atomic E-state index is 12.2. The normalized spacial score (nSPS) is 13.2. The van der Waals surface area contributed by atoms with Crippen molar-refractivity contribution in [3.63, 3.8) is 0 Å². The molecular formula is C12H23NO5. The van der Waals surface area contributed by atoms with Gasteiger partial charge in [-0.2, -0.15) is 0 Å². The molecule has 6 heteroatoms. The first-order valence-corrected chi connectivity index (χ1v) is 5.87. The van der Waals surface area contributed by atoms with Crippen LogP contribution >= 0.6 is 0 Å². The maximum Gasteiger partial charge on any atom is 0.316 e. The third-order valence-electron chi connectivity index (χ3n) is 2.61. The molecule has 0 aliphatic rings. The predicted octanol–water partition coefficient (Wildman–Crippen LogP) is 0.201. The largest absolute Gasteiger partial charge is 0.481 e. The number of carbonyl (C=O) groups is 2.